The minimum atomic E-state index is -0.0889. The second kappa shape index (κ2) is 5.94. The number of imidazole rings is 1. The molecule has 1 saturated carbocycles. The van der Waals surface area contributed by atoms with Crippen LogP contribution in [0.4, 0.5) is 4.79 Å². The summed E-state index contributed by atoms with van der Waals surface area (Å²) in [6.07, 6.45) is 9.82. The van der Waals surface area contributed by atoms with Crippen LogP contribution in [0, 0.1) is 0 Å². The molecule has 2 aromatic rings. The number of hydrogen-bond donors (Lipinski definition) is 2. The fourth-order valence-corrected chi connectivity index (χ4v) is 2.73. The minimum Gasteiger partial charge on any atom is -0.335 e. The molecule has 2 heterocycles. The van der Waals surface area contributed by atoms with Crippen molar-refractivity contribution in [1.82, 2.24) is 20.0 Å². The Labute approximate surface area is 118 Å². The van der Waals surface area contributed by atoms with Crippen LogP contribution in [0.3, 0.4) is 0 Å². The Morgan fingerprint density at radius 1 is 1.30 bits per heavy atom. The van der Waals surface area contributed by atoms with E-state index in [1.54, 1.807) is 0 Å². The largest absolute Gasteiger partial charge is 0.335 e. The lowest BCUT2D eigenvalue weighted by molar-refractivity contribution is 0.232. The highest BCUT2D eigenvalue weighted by Crippen LogP contribution is 2.17. The molecule has 0 aliphatic heterocycles. The van der Waals surface area contributed by atoms with Gasteiger partial charge in [0, 0.05) is 18.4 Å². The summed E-state index contributed by atoms with van der Waals surface area (Å²) in [5.74, 6) is 0. The minimum absolute atomic E-state index is 0.0889. The van der Waals surface area contributed by atoms with Crippen LogP contribution in [0.1, 0.15) is 37.8 Å². The number of nitrogens with zero attached hydrogens (tertiary/aromatic N) is 2. The molecule has 2 N–H and O–H groups in total. The van der Waals surface area contributed by atoms with Gasteiger partial charge in [0.15, 0.2) is 0 Å². The molecule has 2 amide bonds. The molecule has 0 spiro atoms. The first-order valence-electron chi connectivity index (χ1n) is 7.28. The van der Waals surface area contributed by atoms with Gasteiger partial charge in [0.25, 0.3) is 0 Å². The first-order valence-corrected chi connectivity index (χ1v) is 7.28. The molecule has 0 radical (unpaired) electrons. The Hall–Kier alpha value is -2.04. The predicted octanol–water partition coefficient (Wildman–Crippen LogP) is 2.47. The van der Waals surface area contributed by atoms with Gasteiger partial charge in [0.2, 0.25) is 0 Å². The second-order valence-corrected chi connectivity index (χ2v) is 5.36. The van der Waals surface area contributed by atoms with Crippen LogP contribution in [-0.4, -0.2) is 21.5 Å². The number of rotatable bonds is 3. The topological polar surface area (TPSA) is 58.4 Å². The molecule has 0 bridgehead atoms. The van der Waals surface area contributed by atoms with E-state index in [-0.39, 0.29) is 6.03 Å². The standard InChI is InChI=1S/C15H20N4O/c20-15(18-12-6-2-1-3-7-12)16-10-13-11-19-9-5-4-8-14(19)17-13/h4-5,8-9,11-12H,1-3,6-7,10H2,(H2,16,18,20). The van der Waals surface area contributed by atoms with Gasteiger partial charge in [0.05, 0.1) is 12.2 Å². The maximum absolute atomic E-state index is 11.8. The number of pyridine rings is 1. The molecular formula is C15H20N4O. The third kappa shape index (κ3) is 3.10. The zero-order valence-electron chi connectivity index (χ0n) is 11.5. The lowest BCUT2D eigenvalue weighted by atomic mass is 9.96. The van der Waals surface area contributed by atoms with Gasteiger partial charge in [0.1, 0.15) is 5.65 Å². The maximum atomic E-state index is 11.8. The number of fused-ring (bicyclic) bond motifs is 1. The first-order chi connectivity index (χ1) is 9.81. The van der Waals surface area contributed by atoms with Crippen LogP contribution in [0.2, 0.25) is 0 Å². The summed E-state index contributed by atoms with van der Waals surface area (Å²) in [6, 6.07) is 6.11. The summed E-state index contributed by atoms with van der Waals surface area (Å²) < 4.78 is 1.95. The van der Waals surface area contributed by atoms with Gasteiger partial charge in [-0.1, -0.05) is 25.3 Å². The number of hydrogen-bond acceptors (Lipinski definition) is 2. The predicted molar refractivity (Wildman–Crippen MR) is 77.4 cm³/mol. The van der Waals surface area contributed by atoms with Crippen molar-refractivity contribution in [3.05, 3.63) is 36.3 Å². The summed E-state index contributed by atoms with van der Waals surface area (Å²) in [4.78, 5) is 16.3. The Bertz CT molecular complexity index is 553. The van der Waals surface area contributed by atoms with Gasteiger partial charge in [-0.15, -0.1) is 0 Å². The Balaban J connectivity index is 1.51. The summed E-state index contributed by atoms with van der Waals surface area (Å²) in [5.41, 5.74) is 1.77. The molecule has 1 aliphatic rings. The highest BCUT2D eigenvalue weighted by molar-refractivity contribution is 5.74. The van der Waals surface area contributed by atoms with E-state index in [2.05, 4.69) is 15.6 Å². The van der Waals surface area contributed by atoms with E-state index in [4.69, 9.17) is 0 Å². The van der Waals surface area contributed by atoms with Crippen molar-refractivity contribution in [2.45, 2.75) is 44.7 Å². The van der Waals surface area contributed by atoms with E-state index in [1.807, 2.05) is 35.0 Å². The number of urea groups is 1. The van der Waals surface area contributed by atoms with E-state index in [1.165, 1.54) is 19.3 Å². The average molecular weight is 272 g/mol. The number of carbonyl (C=O) groups excluding carboxylic acids is 1. The molecule has 3 rings (SSSR count). The molecule has 5 nitrogen and oxygen atoms in total. The van der Waals surface area contributed by atoms with Crippen LogP contribution in [0.5, 0.6) is 0 Å². The zero-order chi connectivity index (χ0) is 13.8. The number of nitrogens with one attached hydrogen (secondary N) is 2. The van der Waals surface area contributed by atoms with E-state index in [0.717, 1.165) is 24.2 Å². The van der Waals surface area contributed by atoms with Crippen molar-refractivity contribution >= 4 is 11.7 Å². The van der Waals surface area contributed by atoms with Crippen LogP contribution in [0.25, 0.3) is 5.65 Å². The van der Waals surface area contributed by atoms with Crippen LogP contribution in [0.15, 0.2) is 30.6 Å². The van der Waals surface area contributed by atoms with Crippen molar-refractivity contribution in [2.75, 3.05) is 0 Å². The highest BCUT2D eigenvalue weighted by Gasteiger charge is 2.15. The third-order valence-corrected chi connectivity index (χ3v) is 3.78. The average Bonchev–Trinajstić information content (AvgIpc) is 2.89. The molecule has 0 unspecified atom stereocenters. The first kappa shape index (κ1) is 13.0. The molecule has 5 heteroatoms. The number of carbonyl (C=O) groups is 1. The van der Waals surface area contributed by atoms with Gasteiger partial charge in [-0.25, -0.2) is 9.78 Å². The van der Waals surface area contributed by atoms with Gasteiger partial charge in [-0.05, 0) is 25.0 Å². The van der Waals surface area contributed by atoms with E-state index in [9.17, 15) is 4.79 Å². The molecule has 0 atom stereocenters. The van der Waals surface area contributed by atoms with E-state index < -0.39 is 0 Å². The third-order valence-electron chi connectivity index (χ3n) is 3.78. The molecule has 2 aromatic heterocycles. The molecule has 106 valence electrons. The molecule has 0 saturated heterocycles. The second-order valence-electron chi connectivity index (χ2n) is 5.36. The van der Waals surface area contributed by atoms with Crippen molar-refractivity contribution in [2.24, 2.45) is 0 Å². The van der Waals surface area contributed by atoms with Gasteiger partial charge >= 0.3 is 6.03 Å². The van der Waals surface area contributed by atoms with Gasteiger partial charge in [-0.2, -0.15) is 0 Å². The van der Waals surface area contributed by atoms with E-state index >= 15 is 0 Å². The van der Waals surface area contributed by atoms with Crippen molar-refractivity contribution in [3.63, 3.8) is 0 Å². The Morgan fingerprint density at radius 3 is 2.95 bits per heavy atom. The van der Waals surface area contributed by atoms with Crippen LogP contribution in [-0.2, 0) is 6.54 Å². The van der Waals surface area contributed by atoms with Crippen molar-refractivity contribution < 1.29 is 4.79 Å². The zero-order valence-corrected chi connectivity index (χ0v) is 11.5. The smallest absolute Gasteiger partial charge is 0.315 e. The monoisotopic (exact) mass is 272 g/mol. The number of amides is 2. The maximum Gasteiger partial charge on any atom is 0.315 e. The summed E-state index contributed by atoms with van der Waals surface area (Å²) >= 11 is 0. The summed E-state index contributed by atoms with van der Waals surface area (Å²) in [7, 11) is 0. The quantitative estimate of drug-likeness (QED) is 0.901. The fourth-order valence-electron chi connectivity index (χ4n) is 2.73. The fraction of sp³-hybridized carbons (Fsp3) is 0.467. The Morgan fingerprint density at radius 2 is 2.15 bits per heavy atom. The number of aromatic nitrogens is 2. The van der Waals surface area contributed by atoms with E-state index in [0.29, 0.717) is 12.6 Å². The highest BCUT2D eigenvalue weighted by atomic mass is 16.2. The van der Waals surface area contributed by atoms with Crippen LogP contribution < -0.4 is 10.6 Å². The molecular weight excluding hydrogens is 252 g/mol. The molecule has 0 aromatic carbocycles. The van der Waals surface area contributed by atoms with Crippen molar-refractivity contribution in [3.8, 4) is 0 Å². The lowest BCUT2D eigenvalue weighted by Gasteiger charge is -2.22. The summed E-state index contributed by atoms with van der Waals surface area (Å²) in [6.45, 7) is 0.459. The van der Waals surface area contributed by atoms with Crippen molar-refractivity contribution in [1.29, 1.82) is 0 Å². The molecule has 1 aliphatic carbocycles. The van der Waals surface area contributed by atoms with Gasteiger partial charge in [-0.3, -0.25) is 0 Å². The Kier molecular flexibility index (Phi) is 3.85. The normalized spacial score (nSPS) is 16.2. The van der Waals surface area contributed by atoms with Crippen LogP contribution >= 0.6 is 0 Å². The summed E-state index contributed by atoms with van der Waals surface area (Å²) in [5, 5.41) is 5.92. The lowest BCUT2D eigenvalue weighted by Crippen LogP contribution is -2.42. The van der Waals surface area contributed by atoms with Gasteiger partial charge < -0.3 is 15.0 Å². The molecule has 1 fully saturated rings. The molecule has 20 heavy (non-hydrogen) atoms. The SMILES string of the molecule is O=C(NCc1cn2ccccc2n1)NC1CCCCC1.